The zero-order chi connectivity index (χ0) is 41.2. The van der Waals surface area contributed by atoms with Crippen LogP contribution < -0.4 is 16.8 Å². The van der Waals surface area contributed by atoms with Crippen LogP contribution in [0.5, 0.6) is 0 Å². The van der Waals surface area contributed by atoms with Gasteiger partial charge in [0.25, 0.3) is 0 Å². The van der Waals surface area contributed by atoms with Gasteiger partial charge in [-0.25, -0.2) is 0 Å². The molecule has 1 saturated heterocycles. The van der Waals surface area contributed by atoms with Crippen LogP contribution in [0.25, 0.3) is 0 Å². The highest BCUT2D eigenvalue weighted by atomic mass is 16.5. The Morgan fingerprint density at radius 3 is 2.05 bits per heavy atom. The third kappa shape index (κ3) is 11.7. The topological polar surface area (TPSA) is 213 Å². The third-order valence-electron chi connectivity index (χ3n) is 10.8. The maximum Gasteiger partial charge on any atom is 0.249 e. The Kier molecular flexibility index (Phi) is 15.4. The maximum absolute atomic E-state index is 14.7. The molecule has 1 aliphatic heterocycles. The summed E-state index contributed by atoms with van der Waals surface area (Å²) in [7, 11) is 0. The Balaban J connectivity index is 1.50. The molecule has 0 bridgehead atoms. The van der Waals surface area contributed by atoms with Crippen LogP contribution in [0.15, 0.2) is 54.6 Å². The van der Waals surface area contributed by atoms with Crippen LogP contribution in [0.4, 0.5) is 0 Å². The molecule has 13 nitrogen and oxygen atoms in total. The van der Waals surface area contributed by atoms with Gasteiger partial charge < -0.3 is 26.4 Å². The second-order valence-electron chi connectivity index (χ2n) is 16.0. The number of carbonyl (C=O) groups is 8. The summed E-state index contributed by atoms with van der Waals surface area (Å²) in [6.07, 6.45) is 2.85. The molecule has 1 aliphatic carbocycles. The van der Waals surface area contributed by atoms with E-state index in [1.165, 1.54) is 17.0 Å². The number of carbonyl (C=O) groups excluding carboxylic acids is 8. The average molecular weight is 773 g/mol. The molecule has 4 rings (SSSR count). The molecule has 302 valence electrons. The highest BCUT2D eigenvalue weighted by Crippen LogP contribution is 2.37. The monoisotopic (exact) mass is 772 g/mol. The van der Waals surface area contributed by atoms with Gasteiger partial charge >= 0.3 is 0 Å². The predicted molar refractivity (Wildman–Crippen MR) is 208 cm³/mol. The van der Waals surface area contributed by atoms with E-state index in [1.807, 2.05) is 20.8 Å². The first-order valence-corrected chi connectivity index (χ1v) is 19.6. The number of ether oxygens (including phenoxy) is 1. The molecule has 0 spiro atoms. The number of hydrogen-bond acceptors (Lipinski definition) is 9. The minimum absolute atomic E-state index is 0.0766. The van der Waals surface area contributed by atoms with Crippen molar-refractivity contribution in [3.8, 4) is 0 Å². The fourth-order valence-electron chi connectivity index (χ4n) is 7.96. The van der Waals surface area contributed by atoms with E-state index in [1.54, 1.807) is 49.4 Å². The van der Waals surface area contributed by atoms with E-state index in [2.05, 4.69) is 5.32 Å². The number of nitrogens with one attached hydrogen (secondary N) is 1. The van der Waals surface area contributed by atoms with Gasteiger partial charge in [-0.1, -0.05) is 74.7 Å². The fraction of sp³-hybridized carbons (Fsp3) is 0.535. The Bertz CT molecular complexity index is 1780. The molecule has 2 aromatic rings. The Hall–Kier alpha value is -5.04. The fourth-order valence-corrected chi connectivity index (χ4v) is 7.96. The van der Waals surface area contributed by atoms with Crippen molar-refractivity contribution in [2.24, 2.45) is 29.2 Å². The zero-order valence-corrected chi connectivity index (χ0v) is 32.9. The van der Waals surface area contributed by atoms with Gasteiger partial charge in [-0.2, -0.15) is 0 Å². The number of amides is 4. The molecular formula is C43H56N4O9. The number of benzene rings is 2. The van der Waals surface area contributed by atoms with Crippen LogP contribution in [0.2, 0.25) is 0 Å². The molecule has 5 atom stereocenters. The molecule has 0 aromatic heterocycles. The lowest BCUT2D eigenvalue weighted by atomic mass is 9.76. The van der Waals surface area contributed by atoms with Gasteiger partial charge in [-0.3, -0.25) is 38.4 Å². The Morgan fingerprint density at radius 1 is 0.839 bits per heavy atom. The van der Waals surface area contributed by atoms with Crippen LogP contribution in [-0.4, -0.2) is 76.0 Å². The Labute approximate surface area is 328 Å². The van der Waals surface area contributed by atoms with Gasteiger partial charge in [0, 0.05) is 61.6 Å². The predicted octanol–water partition coefficient (Wildman–Crippen LogP) is 4.59. The third-order valence-corrected chi connectivity index (χ3v) is 10.8. The number of likely N-dealkylation sites (tertiary alicyclic amines) is 1. The summed E-state index contributed by atoms with van der Waals surface area (Å²) in [6, 6.07) is 12.6. The van der Waals surface area contributed by atoms with Crippen molar-refractivity contribution in [2.45, 2.75) is 122 Å². The van der Waals surface area contributed by atoms with Crippen LogP contribution in [-0.2, 0) is 33.5 Å². The molecule has 5 N–H and O–H groups in total. The largest absolute Gasteiger partial charge is 0.371 e. The van der Waals surface area contributed by atoms with E-state index in [9.17, 15) is 38.4 Å². The van der Waals surface area contributed by atoms with E-state index < -0.39 is 77.1 Å². The smallest absolute Gasteiger partial charge is 0.249 e. The van der Waals surface area contributed by atoms with E-state index in [0.29, 0.717) is 5.56 Å². The van der Waals surface area contributed by atoms with Gasteiger partial charge in [-0.05, 0) is 57.6 Å². The number of hydrogen-bond donors (Lipinski definition) is 3. The average Bonchev–Trinajstić information content (AvgIpc) is 3.59. The maximum atomic E-state index is 14.7. The van der Waals surface area contributed by atoms with E-state index >= 15 is 0 Å². The molecule has 13 heteroatoms. The van der Waals surface area contributed by atoms with Gasteiger partial charge in [-0.15, -0.1) is 0 Å². The van der Waals surface area contributed by atoms with Crippen LogP contribution in [0, 0.1) is 17.8 Å². The number of nitrogens with zero attached hydrogens (tertiary/aromatic N) is 1. The summed E-state index contributed by atoms with van der Waals surface area (Å²) in [5, 5.41) is 2.51. The van der Waals surface area contributed by atoms with Crippen LogP contribution >= 0.6 is 0 Å². The molecule has 2 fully saturated rings. The van der Waals surface area contributed by atoms with Crippen molar-refractivity contribution < 1.29 is 43.1 Å². The lowest BCUT2D eigenvalue weighted by Gasteiger charge is -2.34. The minimum Gasteiger partial charge on any atom is -0.371 e. The highest BCUT2D eigenvalue weighted by Gasteiger charge is 2.46. The summed E-state index contributed by atoms with van der Waals surface area (Å²) in [6.45, 7) is 7.42. The van der Waals surface area contributed by atoms with Crippen molar-refractivity contribution in [3.05, 3.63) is 71.3 Å². The summed E-state index contributed by atoms with van der Waals surface area (Å²) in [5.74, 6) is -6.80. The lowest BCUT2D eigenvalue weighted by molar-refractivity contribution is -0.144. The van der Waals surface area contributed by atoms with Gasteiger partial charge in [0.1, 0.15) is 6.04 Å². The SMILES string of the molecule is CCC(CC(=O)[C@@H]1C[C@@H](OC(C)(C)C)CN1C(=O)[C@@H](CC(=O)c1ccccc1C(N)=O)C1CCCCC1)C(=O)C(=O)CCC(=O)N[C@H](C(N)=O)c1ccccc1. The van der Waals surface area contributed by atoms with Crippen molar-refractivity contribution >= 4 is 46.8 Å². The molecule has 56 heavy (non-hydrogen) atoms. The van der Waals surface area contributed by atoms with E-state index in [0.717, 1.165) is 32.1 Å². The van der Waals surface area contributed by atoms with Crippen LogP contribution in [0.1, 0.15) is 131 Å². The zero-order valence-electron chi connectivity index (χ0n) is 32.9. The number of nitrogens with two attached hydrogens (primary N) is 2. The number of Topliss-reactive ketones (excluding diaryl/α,β-unsaturated/α-hetero) is 4. The molecule has 2 aliphatic rings. The molecule has 1 saturated carbocycles. The molecule has 1 heterocycles. The summed E-state index contributed by atoms with van der Waals surface area (Å²) >= 11 is 0. The summed E-state index contributed by atoms with van der Waals surface area (Å²) in [4.78, 5) is 108. The molecular weight excluding hydrogens is 716 g/mol. The van der Waals surface area contributed by atoms with Crippen molar-refractivity contribution in [2.75, 3.05) is 6.54 Å². The first-order valence-electron chi connectivity index (χ1n) is 19.6. The highest BCUT2D eigenvalue weighted by molar-refractivity contribution is 6.38. The van der Waals surface area contributed by atoms with Crippen molar-refractivity contribution in [1.82, 2.24) is 10.2 Å². The molecule has 1 unspecified atom stereocenters. The van der Waals surface area contributed by atoms with Crippen LogP contribution in [0.3, 0.4) is 0 Å². The number of rotatable bonds is 19. The molecule has 4 amide bonds. The summed E-state index contributed by atoms with van der Waals surface area (Å²) in [5.41, 5.74) is 11.2. The second-order valence-corrected chi connectivity index (χ2v) is 16.0. The summed E-state index contributed by atoms with van der Waals surface area (Å²) < 4.78 is 6.27. The lowest BCUT2D eigenvalue weighted by Crippen LogP contribution is -2.47. The van der Waals surface area contributed by atoms with Gasteiger partial charge in [0.05, 0.1) is 17.7 Å². The standard InChI is InChI=1S/C43H56N4O9/c1-5-26(39(52)34(48)20-21-37(51)46-38(41(45)54)28-16-10-7-11-17-28)22-36(50)33-23-29(56-43(2,3)4)25-47(33)42(55)32(27-14-8-6-9-15-27)24-35(49)30-18-12-13-19-31(30)40(44)53/h7,10-13,16-19,26-27,29,32-33,38H,5-6,8-9,14-15,20-25H2,1-4H3,(H2,44,53)(H2,45,54)(H,46,51)/t26?,29-,32+,33+,38+/m1/s1. The van der Waals surface area contributed by atoms with Gasteiger partial charge in [0.15, 0.2) is 17.3 Å². The van der Waals surface area contributed by atoms with Crippen molar-refractivity contribution in [1.29, 1.82) is 0 Å². The second kappa shape index (κ2) is 19.7. The minimum atomic E-state index is -1.11. The number of ketones is 4. The van der Waals surface area contributed by atoms with Crippen molar-refractivity contribution in [3.63, 3.8) is 0 Å². The molecule has 2 aromatic carbocycles. The number of primary amides is 2. The first-order chi connectivity index (χ1) is 26.5. The van der Waals surface area contributed by atoms with E-state index in [4.69, 9.17) is 16.2 Å². The van der Waals surface area contributed by atoms with E-state index in [-0.39, 0.29) is 67.4 Å². The quantitative estimate of drug-likeness (QED) is 0.134. The normalized spacial score (nSPS) is 19.0. The first kappa shape index (κ1) is 43.7. The van der Waals surface area contributed by atoms with Gasteiger partial charge in [0.2, 0.25) is 29.4 Å². The molecule has 0 radical (unpaired) electrons. The Morgan fingerprint density at radius 2 is 1.46 bits per heavy atom.